The second kappa shape index (κ2) is 5.55. The van der Waals surface area contributed by atoms with Crippen LogP contribution >= 0.6 is 0 Å². The Kier molecular flexibility index (Phi) is 3.38. The second-order valence-corrected chi connectivity index (χ2v) is 5.85. The van der Waals surface area contributed by atoms with Gasteiger partial charge in [-0.1, -0.05) is 0 Å². The van der Waals surface area contributed by atoms with Crippen LogP contribution < -0.4 is 10.6 Å². The number of nitrogens with two attached hydrogens (primary N) is 1. The van der Waals surface area contributed by atoms with Crippen LogP contribution in [0.5, 0.6) is 0 Å². The minimum Gasteiger partial charge on any atom is -0.384 e. The highest BCUT2D eigenvalue weighted by Gasteiger charge is 2.20. The molecule has 6 nitrogen and oxygen atoms in total. The predicted molar refractivity (Wildman–Crippen MR) is 91.4 cm³/mol. The first-order valence-electron chi connectivity index (χ1n) is 7.77. The summed E-state index contributed by atoms with van der Waals surface area (Å²) in [6.07, 6.45) is 3.68. The van der Waals surface area contributed by atoms with Crippen LogP contribution in [0.15, 0.2) is 36.7 Å². The van der Waals surface area contributed by atoms with Gasteiger partial charge in [-0.2, -0.15) is 0 Å². The predicted octanol–water partition coefficient (Wildman–Crippen LogP) is 2.43. The first-order chi connectivity index (χ1) is 11.2. The van der Waals surface area contributed by atoms with Crippen molar-refractivity contribution in [2.24, 2.45) is 0 Å². The molecule has 3 aromatic heterocycles. The molecule has 1 saturated heterocycles. The Morgan fingerprint density at radius 1 is 1.35 bits per heavy atom. The van der Waals surface area contributed by atoms with Gasteiger partial charge in [-0.25, -0.2) is 9.97 Å². The minimum atomic E-state index is 0.322. The maximum atomic E-state index is 6.08. The van der Waals surface area contributed by atoms with Crippen LogP contribution in [0, 0.1) is 0 Å². The zero-order chi connectivity index (χ0) is 15.8. The number of morpholine rings is 1. The molecule has 3 N–H and O–H groups in total. The van der Waals surface area contributed by atoms with Gasteiger partial charge in [0.25, 0.3) is 0 Å². The third-order valence-electron chi connectivity index (χ3n) is 4.27. The standard InChI is InChI=1S/C17H19N5O/c1-11-10-23-7-6-22(11)12-8-15(21-16(18)9-12)13-2-4-19-17-14(13)3-5-20-17/h2-5,8-9,11H,6-7,10H2,1H3,(H2,18,21)(H,19,20). The van der Waals surface area contributed by atoms with Crippen molar-refractivity contribution in [2.45, 2.75) is 13.0 Å². The van der Waals surface area contributed by atoms with Crippen LogP contribution in [0.2, 0.25) is 0 Å². The summed E-state index contributed by atoms with van der Waals surface area (Å²) in [6.45, 7) is 4.49. The van der Waals surface area contributed by atoms with Crippen molar-refractivity contribution < 1.29 is 4.74 Å². The molecule has 1 atom stereocenters. The lowest BCUT2D eigenvalue weighted by Gasteiger charge is -2.35. The van der Waals surface area contributed by atoms with Crippen molar-refractivity contribution in [3.05, 3.63) is 36.7 Å². The Morgan fingerprint density at radius 3 is 3.13 bits per heavy atom. The monoisotopic (exact) mass is 309 g/mol. The van der Waals surface area contributed by atoms with Crippen LogP contribution in [-0.2, 0) is 4.74 Å². The van der Waals surface area contributed by atoms with E-state index in [0.29, 0.717) is 11.9 Å². The molecule has 1 fully saturated rings. The van der Waals surface area contributed by atoms with Crippen LogP contribution in [0.1, 0.15) is 6.92 Å². The smallest absolute Gasteiger partial charge is 0.137 e. The van der Waals surface area contributed by atoms with E-state index in [1.807, 2.05) is 24.4 Å². The van der Waals surface area contributed by atoms with E-state index in [2.05, 4.69) is 32.8 Å². The topological polar surface area (TPSA) is 80.1 Å². The maximum absolute atomic E-state index is 6.08. The first-order valence-corrected chi connectivity index (χ1v) is 7.77. The van der Waals surface area contributed by atoms with Gasteiger partial charge in [-0.3, -0.25) is 0 Å². The number of hydrogen-bond donors (Lipinski definition) is 2. The van der Waals surface area contributed by atoms with E-state index in [0.717, 1.165) is 47.7 Å². The Balaban J connectivity index is 1.82. The lowest BCUT2D eigenvalue weighted by atomic mass is 10.1. The lowest BCUT2D eigenvalue weighted by Crippen LogP contribution is -2.43. The molecule has 23 heavy (non-hydrogen) atoms. The first kappa shape index (κ1) is 14.0. The zero-order valence-electron chi connectivity index (χ0n) is 13.0. The number of nitrogen functional groups attached to an aromatic ring is 1. The molecule has 118 valence electrons. The van der Waals surface area contributed by atoms with E-state index in [4.69, 9.17) is 10.5 Å². The molecule has 1 aliphatic heterocycles. The van der Waals surface area contributed by atoms with E-state index in [9.17, 15) is 0 Å². The molecule has 4 rings (SSSR count). The molecule has 0 bridgehead atoms. The summed E-state index contributed by atoms with van der Waals surface area (Å²) in [7, 11) is 0. The van der Waals surface area contributed by atoms with Gasteiger partial charge < -0.3 is 20.4 Å². The van der Waals surface area contributed by atoms with E-state index >= 15 is 0 Å². The fourth-order valence-electron chi connectivity index (χ4n) is 3.14. The number of rotatable bonds is 2. The number of hydrogen-bond acceptors (Lipinski definition) is 5. The van der Waals surface area contributed by atoms with E-state index in [1.165, 1.54) is 0 Å². The third-order valence-corrected chi connectivity index (χ3v) is 4.27. The molecule has 0 spiro atoms. The normalized spacial score (nSPS) is 18.5. The minimum absolute atomic E-state index is 0.322. The van der Waals surface area contributed by atoms with Crippen LogP contribution in [0.25, 0.3) is 22.3 Å². The van der Waals surface area contributed by atoms with Crippen LogP contribution in [0.4, 0.5) is 11.5 Å². The van der Waals surface area contributed by atoms with E-state index < -0.39 is 0 Å². The van der Waals surface area contributed by atoms with Crippen molar-refractivity contribution >= 4 is 22.5 Å². The summed E-state index contributed by atoms with van der Waals surface area (Å²) in [4.78, 5) is 14.3. The van der Waals surface area contributed by atoms with Crippen molar-refractivity contribution in [2.75, 3.05) is 30.4 Å². The number of pyridine rings is 2. The highest BCUT2D eigenvalue weighted by atomic mass is 16.5. The summed E-state index contributed by atoms with van der Waals surface area (Å²) in [5.41, 5.74) is 9.92. The fourth-order valence-corrected chi connectivity index (χ4v) is 3.14. The number of nitrogens with zero attached hydrogens (tertiary/aromatic N) is 3. The maximum Gasteiger partial charge on any atom is 0.137 e. The summed E-state index contributed by atoms with van der Waals surface area (Å²) >= 11 is 0. The van der Waals surface area contributed by atoms with Gasteiger partial charge in [-0.05, 0) is 25.1 Å². The van der Waals surface area contributed by atoms with Gasteiger partial charge in [0.1, 0.15) is 11.5 Å². The van der Waals surface area contributed by atoms with Gasteiger partial charge >= 0.3 is 0 Å². The summed E-state index contributed by atoms with van der Waals surface area (Å²) in [5.74, 6) is 0.525. The van der Waals surface area contributed by atoms with Gasteiger partial charge in [0.05, 0.1) is 18.9 Å². The molecule has 1 aliphatic rings. The van der Waals surface area contributed by atoms with Crippen molar-refractivity contribution in [1.82, 2.24) is 15.0 Å². The van der Waals surface area contributed by atoms with Gasteiger partial charge in [0.15, 0.2) is 0 Å². The van der Waals surface area contributed by atoms with Gasteiger partial charge in [0.2, 0.25) is 0 Å². The number of H-pyrrole nitrogens is 1. The number of fused-ring (bicyclic) bond motifs is 1. The number of anilines is 2. The number of nitrogens with one attached hydrogen (secondary N) is 1. The van der Waals surface area contributed by atoms with Gasteiger partial charge in [-0.15, -0.1) is 0 Å². The summed E-state index contributed by atoms with van der Waals surface area (Å²) < 4.78 is 5.52. The Hall–Kier alpha value is -2.60. The highest BCUT2D eigenvalue weighted by Crippen LogP contribution is 2.30. The van der Waals surface area contributed by atoms with E-state index in [-0.39, 0.29) is 0 Å². The molecule has 0 radical (unpaired) electrons. The molecule has 6 heteroatoms. The number of aromatic nitrogens is 3. The summed E-state index contributed by atoms with van der Waals surface area (Å²) in [5, 5.41) is 1.05. The Morgan fingerprint density at radius 2 is 2.26 bits per heavy atom. The van der Waals surface area contributed by atoms with Crippen molar-refractivity contribution in [1.29, 1.82) is 0 Å². The highest BCUT2D eigenvalue weighted by molar-refractivity contribution is 5.92. The molecule has 1 unspecified atom stereocenters. The number of ether oxygens (including phenoxy) is 1. The molecule has 3 aromatic rings. The number of aromatic amines is 1. The quantitative estimate of drug-likeness (QED) is 0.760. The fraction of sp³-hybridized carbons (Fsp3) is 0.294. The largest absolute Gasteiger partial charge is 0.384 e. The molecule has 0 saturated carbocycles. The summed E-state index contributed by atoms with van der Waals surface area (Å²) in [6, 6.07) is 8.34. The van der Waals surface area contributed by atoms with Crippen molar-refractivity contribution in [3.8, 4) is 11.3 Å². The molecule has 0 amide bonds. The lowest BCUT2D eigenvalue weighted by molar-refractivity contribution is 0.0989. The molecule has 0 aromatic carbocycles. The Labute approximate surface area is 134 Å². The second-order valence-electron chi connectivity index (χ2n) is 5.85. The SMILES string of the molecule is CC1COCCN1c1cc(N)nc(-c2ccnc3[nH]ccc23)c1. The Bertz CT molecular complexity index is 844. The third kappa shape index (κ3) is 2.51. The molecular formula is C17H19N5O. The zero-order valence-corrected chi connectivity index (χ0v) is 13.0. The van der Waals surface area contributed by atoms with Gasteiger partial charge in [0, 0.05) is 47.7 Å². The molecule has 4 heterocycles. The average Bonchev–Trinajstić information content (AvgIpc) is 3.03. The van der Waals surface area contributed by atoms with Crippen LogP contribution in [0.3, 0.4) is 0 Å². The van der Waals surface area contributed by atoms with E-state index in [1.54, 1.807) is 6.20 Å². The molecular weight excluding hydrogens is 290 g/mol. The van der Waals surface area contributed by atoms with Crippen molar-refractivity contribution in [3.63, 3.8) is 0 Å². The van der Waals surface area contributed by atoms with Crippen LogP contribution in [-0.4, -0.2) is 40.8 Å². The average molecular weight is 309 g/mol. The molecule has 0 aliphatic carbocycles.